The number of amides is 1. The highest BCUT2D eigenvalue weighted by Crippen LogP contribution is 2.28. The molecule has 3 rings (SSSR count). The summed E-state index contributed by atoms with van der Waals surface area (Å²) >= 11 is 1.46. The second-order valence-corrected chi connectivity index (χ2v) is 6.49. The fourth-order valence-electron chi connectivity index (χ4n) is 2.63. The van der Waals surface area contributed by atoms with E-state index in [9.17, 15) is 13.6 Å². The summed E-state index contributed by atoms with van der Waals surface area (Å²) in [6.45, 7) is 3.50. The van der Waals surface area contributed by atoms with E-state index in [0.717, 1.165) is 5.01 Å². The van der Waals surface area contributed by atoms with Gasteiger partial charge in [-0.3, -0.25) is 4.79 Å². The number of hydrogen-bond donors (Lipinski definition) is 1. The van der Waals surface area contributed by atoms with Gasteiger partial charge >= 0.3 is 0 Å². The third-order valence-electron chi connectivity index (χ3n) is 3.89. The summed E-state index contributed by atoms with van der Waals surface area (Å²) in [7, 11) is 0. The molecule has 2 heterocycles. The van der Waals surface area contributed by atoms with Gasteiger partial charge in [-0.1, -0.05) is 6.07 Å². The van der Waals surface area contributed by atoms with E-state index in [-0.39, 0.29) is 12.1 Å². The molecule has 3 aromatic rings. The van der Waals surface area contributed by atoms with Crippen LogP contribution in [0.5, 0.6) is 0 Å². The zero-order valence-electron chi connectivity index (χ0n) is 13.1. The number of aryl methyl sites for hydroxylation is 1. The zero-order valence-corrected chi connectivity index (χ0v) is 14.0. The summed E-state index contributed by atoms with van der Waals surface area (Å²) in [6, 6.07) is 5.35. The lowest BCUT2D eigenvalue weighted by molar-refractivity contribution is 0.0999. The molecule has 0 radical (unpaired) electrons. The molecule has 0 spiro atoms. The average molecular weight is 347 g/mol. The van der Waals surface area contributed by atoms with Gasteiger partial charge in [0.25, 0.3) is 5.91 Å². The molecule has 4 nitrogen and oxygen atoms in total. The van der Waals surface area contributed by atoms with Crippen molar-refractivity contribution >= 4 is 17.2 Å². The Balaban J connectivity index is 2.17. The van der Waals surface area contributed by atoms with Crippen molar-refractivity contribution in [3.63, 3.8) is 0 Å². The van der Waals surface area contributed by atoms with E-state index < -0.39 is 17.5 Å². The number of benzene rings is 1. The highest BCUT2D eigenvalue weighted by atomic mass is 32.1. The predicted octanol–water partition coefficient (Wildman–Crippen LogP) is 3.65. The Hall–Kier alpha value is -2.54. The summed E-state index contributed by atoms with van der Waals surface area (Å²) < 4.78 is 29.7. The molecule has 0 atom stereocenters. The molecular weight excluding hydrogens is 332 g/mol. The van der Waals surface area contributed by atoms with Crippen molar-refractivity contribution < 1.29 is 13.6 Å². The molecular formula is C17H15F2N3OS. The van der Waals surface area contributed by atoms with Crippen LogP contribution in [0.15, 0.2) is 29.6 Å². The van der Waals surface area contributed by atoms with Gasteiger partial charge in [0.15, 0.2) is 0 Å². The van der Waals surface area contributed by atoms with E-state index in [1.54, 1.807) is 17.6 Å². The van der Waals surface area contributed by atoms with E-state index in [0.29, 0.717) is 22.6 Å². The number of carbonyl (C=O) groups is 1. The smallest absolute Gasteiger partial charge is 0.250 e. The lowest BCUT2D eigenvalue weighted by atomic mass is 10.2. The Morgan fingerprint density at radius 3 is 2.50 bits per heavy atom. The number of rotatable bonds is 4. The molecule has 1 aromatic carbocycles. The first-order chi connectivity index (χ1) is 11.4. The molecule has 0 fully saturated rings. The van der Waals surface area contributed by atoms with Crippen molar-refractivity contribution in [3.05, 3.63) is 63.1 Å². The number of carbonyl (C=O) groups excluding carboxylic acids is 1. The van der Waals surface area contributed by atoms with Crippen LogP contribution >= 0.6 is 11.3 Å². The van der Waals surface area contributed by atoms with Crippen LogP contribution in [-0.4, -0.2) is 15.5 Å². The van der Waals surface area contributed by atoms with Gasteiger partial charge in [0, 0.05) is 16.6 Å². The lowest BCUT2D eigenvalue weighted by Crippen LogP contribution is -2.13. The first kappa shape index (κ1) is 16.3. The Bertz CT molecular complexity index is 910. The third kappa shape index (κ3) is 2.82. The van der Waals surface area contributed by atoms with Crippen molar-refractivity contribution in [2.24, 2.45) is 5.73 Å². The first-order valence-corrected chi connectivity index (χ1v) is 8.11. The fraction of sp³-hybridized carbons (Fsp3) is 0.176. The number of nitrogens with two attached hydrogens (primary N) is 1. The Labute approximate surface area is 141 Å². The van der Waals surface area contributed by atoms with Gasteiger partial charge in [0.05, 0.1) is 28.5 Å². The SMILES string of the molecule is Cc1nc(-c2cc(C(N)=O)c(C)n2Cc2c(F)cccc2F)cs1. The summed E-state index contributed by atoms with van der Waals surface area (Å²) in [5, 5.41) is 2.69. The number of halogens is 2. The van der Waals surface area contributed by atoms with Crippen LogP contribution in [0.2, 0.25) is 0 Å². The second kappa shape index (κ2) is 6.16. The Kier molecular flexibility index (Phi) is 4.19. The van der Waals surface area contributed by atoms with Gasteiger partial charge in [-0.2, -0.15) is 0 Å². The quantitative estimate of drug-likeness (QED) is 0.783. The molecule has 0 aliphatic heterocycles. The Morgan fingerprint density at radius 2 is 1.96 bits per heavy atom. The topological polar surface area (TPSA) is 60.9 Å². The van der Waals surface area contributed by atoms with Crippen LogP contribution in [0.1, 0.15) is 26.6 Å². The van der Waals surface area contributed by atoms with Crippen LogP contribution in [0, 0.1) is 25.5 Å². The van der Waals surface area contributed by atoms with Crippen molar-refractivity contribution in [2.45, 2.75) is 20.4 Å². The van der Waals surface area contributed by atoms with Crippen molar-refractivity contribution in [1.82, 2.24) is 9.55 Å². The highest BCUT2D eigenvalue weighted by molar-refractivity contribution is 7.09. The predicted molar refractivity (Wildman–Crippen MR) is 89.0 cm³/mol. The molecule has 7 heteroatoms. The van der Waals surface area contributed by atoms with Crippen molar-refractivity contribution in [2.75, 3.05) is 0 Å². The standard InChI is InChI=1S/C17H15F2N3OS/c1-9-11(17(20)23)6-16(15-8-24-10(2)21-15)22(9)7-12-13(18)4-3-5-14(12)19/h3-6,8H,7H2,1-2H3,(H2,20,23). The van der Waals surface area contributed by atoms with E-state index >= 15 is 0 Å². The monoisotopic (exact) mass is 347 g/mol. The minimum atomic E-state index is -0.635. The molecule has 2 N–H and O–H groups in total. The highest BCUT2D eigenvalue weighted by Gasteiger charge is 2.20. The van der Waals surface area contributed by atoms with Gasteiger partial charge < -0.3 is 10.3 Å². The lowest BCUT2D eigenvalue weighted by Gasteiger charge is -2.12. The zero-order chi connectivity index (χ0) is 17.4. The van der Waals surface area contributed by atoms with Gasteiger partial charge in [-0.15, -0.1) is 11.3 Å². The normalized spacial score (nSPS) is 11.0. The molecule has 0 bridgehead atoms. The van der Waals surface area contributed by atoms with Crippen LogP contribution in [0.25, 0.3) is 11.4 Å². The van der Waals surface area contributed by atoms with Crippen molar-refractivity contribution in [3.8, 4) is 11.4 Å². The summed E-state index contributed by atoms with van der Waals surface area (Å²) in [5.41, 5.74) is 7.45. The molecule has 0 saturated carbocycles. The molecule has 1 amide bonds. The van der Waals surface area contributed by atoms with Gasteiger partial charge in [0.2, 0.25) is 0 Å². The fourth-order valence-corrected chi connectivity index (χ4v) is 3.24. The summed E-state index contributed by atoms with van der Waals surface area (Å²) in [5.74, 6) is -1.86. The molecule has 0 unspecified atom stereocenters. The number of nitrogens with zero attached hydrogens (tertiary/aromatic N) is 2. The van der Waals surface area contributed by atoms with Crippen LogP contribution in [0.4, 0.5) is 8.78 Å². The summed E-state index contributed by atoms with van der Waals surface area (Å²) in [6.07, 6.45) is 0. The average Bonchev–Trinajstić information content (AvgIpc) is 3.07. The van der Waals surface area contributed by atoms with E-state index in [1.165, 1.54) is 29.5 Å². The Morgan fingerprint density at radius 1 is 1.29 bits per heavy atom. The molecule has 124 valence electrons. The molecule has 2 aromatic heterocycles. The van der Waals surface area contributed by atoms with Crippen LogP contribution < -0.4 is 5.73 Å². The maximum Gasteiger partial charge on any atom is 0.250 e. The van der Waals surface area contributed by atoms with E-state index in [1.807, 2.05) is 12.3 Å². The van der Waals surface area contributed by atoms with E-state index in [2.05, 4.69) is 4.98 Å². The number of hydrogen-bond acceptors (Lipinski definition) is 3. The largest absolute Gasteiger partial charge is 0.366 e. The number of thiazole rings is 1. The van der Waals surface area contributed by atoms with Crippen LogP contribution in [0.3, 0.4) is 0 Å². The number of aromatic nitrogens is 2. The molecule has 0 aliphatic carbocycles. The molecule has 0 saturated heterocycles. The molecule has 24 heavy (non-hydrogen) atoms. The van der Waals surface area contributed by atoms with Gasteiger partial charge in [-0.25, -0.2) is 13.8 Å². The van der Waals surface area contributed by atoms with E-state index in [4.69, 9.17) is 5.73 Å². The van der Waals surface area contributed by atoms with Gasteiger partial charge in [-0.05, 0) is 32.0 Å². The minimum absolute atomic E-state index is 0.0521. The van der Waals surface area contributed by atoms with Crippen molar-refractivity contribution in [1.29, 1.82) is 0 Å². The minimum Gasteiger partial charge on any atom is -0.366 e. The maximum atomic E-state index is 14.0. The third-order valence-corrected chi connectivity index (χ3v) is 4.66. The molecule has 0 aliphatic rings. The number of primary amides is 1. The maximum absolute atomic E-state index is 14.0. The second-order valence-electron chi connectivity index (χ2n) is 5.43. The van der Waals surface area contributed by atoms with Crippen LogP contribution in [-0.2, 0) is 6.54 Å². The van der Waals surface area contributed by atoms with Gasteiger partial charge in [0.1, 0.15) is 11.6 Å². The first-order valence-electron chi connectivity index (χ1n) is 7.23. The summed E-state index contributed by atoms with van der Waals surface area (Å²) in [4.78, 5) is 16.1.